The summed E-state index contributed by atoms with van der Waals surface area (Å²) in [5, 5.41) is 4.11. The van der Waals surface area contributed by atoms with E-state index in [0.29, 0.717) is 33.0 Å². The van der Waals surface area contributed by atoms with Crippen LogP contribution < -0.4 is 10.1 Å². The molecule has 0 fully saturated rings. The molecule has 0 spiro atoms. The van der Waals surface area contributed by atoms with E-state index >= 15 is 0 Å². The van der Waals surface area contributed by atoms with Crippen LogP contribution in [0, 0.1) is 13.8 Å². The van der Waals surface area contributed by atoms with Crippen molar-refractivity contribution in [2.75, 3.05) is 5.32 Å². The third kappa shape index (κ3) is 4.39. The van der Waals surface area contributed by atoms with Crippen molar-refractivity contribution in [3.8, 4) is 5.75 Å². The zero-order valence-corrected chi connectivity index (χ0v) is 18.7. The Kier molecular flexibility index (Phi) is 6.01. The van der Waals surface area contributed by atoms with Gasteiger partial charge in [0.05, 0.1) is 5.69 Å². The van der Waals surface area contributed by atoms with Crippen LogP contribution in [-0.2, 0) is 4.79 Å². The molecule has 0 saturated carbocycles. The number of nitrogens with one attached hydrogen (secondary N) is 1. The lowest BCUT2D eigenvalue weighted by Crippen LogP contribution is -2.30. The number of ketones is 1. The van der Waals surface area contributed by atoms with E-state index in [1.165, 1.54) is 0 Å². The molecule has 0 bridgehead atoms. The summed E-state index contributed by atoms with van der Waals surface area (Å²) >= 11 is 6.06. The number of carbonyl (C=O) groups excluding carboxylic acids is 2. The first-order valence-electron chi connectivity index (χ1n) is 10.2. The number of ether oxygens (including phenoxy) is 1. The molecule has 1 heterocycles. The molecule has 1 N–H and O–H groups in total. The maximum Gasteiger partial charge on any atom is 0.265 e. The second kappa shape index (κ2) is 8.89. The third-order valence-electron chi connectivity index (χ3n) is 5.18. The van der Waals surface area contributed by atoms with Gasteiger partial charge in [-0.1, -0.05) is 53.6 Å². The summed E-state index contributed by atoms with van der Waals surface area (Å²) in [6, 6.07) is 19.6. The molecule has 0 radical (unpaired) electrons. The van der Waals surface area contributed by atoms with E-state index < -0.39 is 12.0 Å². The molecule has 6 heteroatoms. The van der Waals surface area contributed by atoms with Gasteiger partial charge in [-0.3, -0.25) is 9.59 Å². The molecule has 0 saturated heterocycles. The van der Waals surface area contributed by atoms with E-state index in [0.717, 1.165) is 11.1 Å². The topological polar surface area (TPSA) is 68.5 Å². The van der Waals surface area contributed by atoms with Gasteiger partial charge in [-0.05, 0) is 56.7 Å². The van der Waals surface area contributed by atoms with E-state index in [1.54, 1.807) is 49.4 Å². The number of aryl methyl sites for hydroxylation is 2. The van der Waals surface area contributed by atoms with E-state index in [9.17, 15) is 9.59 Å². The highest BCUT2D eigenvalue weighted by Gasteiger charge is 2.25. The first kappa shape index (κ1) is 21.7. The first-order chi connectivity index (χ1) is 15.3. The number of fused-ring (bicyclic) bond motifs is 1. The second-order valence-electron chi connectivity index (χ2n) is 7.66. The molecule has 162 valence electrons. The zero-order valence-electron chi connectivity index (χ0n) is 17.9. The van der Waals surface area contributed by atoms with Gasteiger partial charge in [-0.2, -0.15) is 0 Å². The van der Waals surface area contributed by atoms with Crippen LogP contribution in [0.5, 0.6) is 5.75 Å². The Morgan fingerprint density at radius 1 is 1.00 bits per heavy atom. The Bertz CT molecular complexity index is 1310. The van der Waals surface area contributed by atoms with Gasteiger partial charge in [0.15, 0.2) is 11.9 Å². The molecule has 32 heavy (non-hydrogen) atoms. The molecule has 0 aliphatic carbocycles. The van der Waals surface area contributed by atoms with Crippen molar-refractivity contribution in [3.63, 3.8) is 0 Å². The van der Waals surface area contributed by atoms with Gasteiger partial charge in [-0.25, -0.2) is 0 Å². The molecule has 1 unspecified atom stereocenters. The lowest BCUT2D eigenvalue weighted by atomic mass is 10.1. The summed E-state index contributed by atoms with van der Waals surface area (Å²) in [4.78, 5) is 26.1. The lowest BCUT2D eigenvalue weighted by molar-refractivity contribution is -0.122. The SMILES string of the molecule is Cc1ccc(C(=O)c2oc3ccccc3c2NC(=O)C(C)Oc2ccc(Cl)c(C)c2)cc1. The number of rotatable bonds is 6. The highest BCUT2D eigenvalue weighted by molar-refractivity contribution is 6.31. The Labute approximate surface area is 191 Å². The second-order valence-corrected chi connectivity index (χ2v) is 8.07. The molecular weight excluding hydrogens is 426 g/mol. The van der Waals surface area contributed by atoms with Crippen molar-refractivity contribution in [2.24, 2.45) is 0 Å². The number of furan rings is 1. The molecule has 1 aromatic heterocycles. The van der Waals surface area contributed by atoms with Crippen molar-refractivity contribution in [2.45, 2.75) is 26.9 Å². The normalized spacial score (nSPS) is 11.9. The predicted octanol–water partition coefficient (Wildman–Crippen LogP) is 6.34. The number of halogens is 1. The van der Waals surface area contributed by atoms with Crippen LogP contribution in [0.1, 0.15) is 34.2 Å². The van der Waals surface area contributed by atoms with Crippen LogP contribution in [0.3, 0.4) is 0 Å². The summed E-state index contributed by atoms with van der Waals surface area (Å²) < 4.78 is 11.6. The van der Waals surface area contributed by atoms with Crippen LogP contribution in [-0.4, -0.2) is 17.8 Å². The van der Waals surface area contributed by atoms with Crippen molar-refractivity contribution in [1.82, 2.24) is 0 Å². The maximum absolute atomic E-state index is 13.2. The van der Waals surface area contributed by atoms with Crippen molar-refractivity contribution in [3.05, 3.63) is 94.2 Å². The number of amides is 1. The molecule has 0 aliphatic heterocycles. The Hall–Kier alpha value is -3.57. The number of carbonyl (C=O) groups is 2. The predicted molar refractivity (Wildman–Crippen MR) is 126 cm³/mol. The minimum Gasteiger partial charge on any atom is -0.481 e. The van der Waals surface area contributed by atoms with Crippen LogP contribution in [0.2, 0.25) is 5.02 Å². The van der Waals surface area contributed by atoms with E-state index in [-0.39, 0.29) is 11.5 Å². The maximum atomic E-state index is 13.2. The number of hydrogen-bond acceptors (Lipinski definition) is 4. The largest absolute Gasteiger partial charge is 0.481 e. The minimum absolute atomic E-state index is 0.0814. The summed E-state index contributed by atoms with van der Waals surface area (Å²) in [5.41, 5.74) is 3.22. The smallest absolute Gasteiger partial charge is 0.265 e. The summed E-state index contributed by atoms with van der Waals surface area (Å²) in [7, 11) is 0. The Morgan fingerprint density at radius 3 is 2.44 bits per heavy atom. The van der Waals surface area contributed by atoms with Gasteiger partial charge >= 0.3 is 0 Å². The van der Waals surface area contributed by atoms with Crippen LogP contribution in [0.15, 0.2) is 71.1 Å². The van der Waals surface area contributed by atoms with Crippen molar-refractivity contribution in [1.29, 1.82) is 0 Å². The number of anilines is 1. The fourth-order valence-electron chi connectivity index (χ4n) is 3.34. The van der Waals surface area contributed by atoms with Crippen molar-refractivity contribution >= 4 is 39.9 Å². The lowest BCUT2D eigenvalue weighted by Gasteiger charge is -2.15. The quantitative estimate of drug-likeness (QED) is 0.350. The van der Waals surface area contributed by atoms with Crippen LogP contribution in [0.4, 0.5) is 5.69 Å². The highest BCUT2D eigenvalue weighted by atomic mass is 35.5. The summed E-state index contributed by atoms with van der Waals surface area (Å²) in [5.74, 6) is -0.0963. The molecular formula is C26H22ClNO4. The monoisotopic (exact) mass is 447 g/mol. The summed E-state index contributed by atoms with van der Waals surface area (Å²) in [6.07, 6.45) is -0.813. The number of benzene rings is 3. The molecule has 0 aliphatic rings. The third-order valence-corrected chi connectivity index (χ3v) is 5.60. The Morgan fingerprint density at radius 2 is 1.72 bits per heavy atom. The molecule has 4 rings (SSSR count). The van der Waals surface area contributed by atoms with E-state index in [2.05, 4.69) is 5.32 Å². The average Bonchev–Trinajstić information content (AvgIpc) is 3.14. The first-order valence-corrected chi connectivity index (χ1v) is 10.6. The van der Waals surface area contributed by atoms with Crippen LogP contribution >= 0.6 is 11.6 Å². The molecule has 4 aromatic rings. The van der Waals surface area contributed by atoms with E-state index in [1.807, 2.05) is 38.1 Å². The Balaban J connectivity index is 1.63. The minimum atomic E-state index is -0.813. The van der Waals surface area contributed by atoms with Gasteiger partial charge < -0.3 is 14.5 Å². The van der Waals surface area contributed by atoms with Crippen molar-refractivity contribution < 1.29 is 18.7 Å². The standard InChI is InChI=1S/C26H22ClNO4/c1-15-8-10-18(11-9-15)24(29)25-23(20-6-4-5-7-22(20)32-25)28-26(30)17(3)31-19-12-13-21(27)16(2)14-19/h4-14,17H,1-3H3,(H,28,30). The molecule has 1 atom stereocenters. The van der Waals surface area contributed by atoms with E-state index in [4.69, 9.17) is 20.8 Å². The van der Waals surface area contributed by atoms with Gasteiger partial charge in [0, 0.05) is 16.0 Å². The molecule has 3 aromatic carbocycles. The fourth-order valence-corrected chi connectivity index (χ4v) is 3.46. The number of para-hydroxylation sites is 1. The molecule has 1 amide bonds. The summed E-state index contributed by atoms with van der Waals surface area (Å²) in [6.45, 7) is 5.45. The van der Waals surface area contributed by atoms with Gasteiger partial charge in [-0.15, -0.1) is 0 Å². The average molecular weight is 448 g/mol. The highest BCUT2D eigenvalue weighted by Crippen LogP contribution is 2.33. The fraction of sp³-hybridized carbons (Fsp3) is 0.154. The number of hydrogen-bond donors (Lipinski definition) is 1. The molecule has 5 nitrogen and oxygen atoms in total. The van der Waals surface area contributed by atoms with Gasteiger partial charge in [0.2, 0.25) is 5.78 Å². The zero-order chi connectivity index (χ0) is 22.8. The van der Waals surface area contributed by atoms with Crippen LogP contribution in [0.25, 0.3) is 11.0 Å². The van der Waals surface area contributed by atoms with Gasteiger partial charge in [0.25, 0.3) is 5.91 Å². The van der Waals surface area contributed by atoms with Gasteiger partial charge in [0.1, 0.15) is 11.3 Å².